The summed E-state index contributed by atoms with van der Waals surface area (Å²) in [6.45, 7) is 7.74. The molecule has 1 rings (SSSR count). The zero-order valence-corrected chi connectivity index (χ0v) is 10.7. The van der Waals surface area contributed by atoms with Crippen molar-refractivity contribution in [2.75, 3.05) is 6.61 Å². The summed E-state index contributed by atoms with van der Waals surface area (Å²) in [6, 6.07) is 4.49. The van der Waals surface area contributed by atoms with Crippen molar-refractivity contribution in [3.8, 4) is 5.75 Å². The molecule has 0 bridgehead atoms. The van der Waals surface area contributed by atoms with E-state index in [1.165, 1.54) is 12.1 Å². The lowest BCUT2D eigenvalue weighted by molar-refractivity contribution is 0.350. The second kappa shape index (κ2) is 4.89. The maximum atomic E-state index is 11.1. The second-order valence-electron chi connectivity index (χ2n) is 3.61. The first-order valence-corrected chi connectivity index (χ1v) is 6.94. The van der Waals surface area contributed by atoms with Crippen LogP contribution in [-0.2, 0) is 9.05 Å². The maximum Gasteiger partial charge on any atom is 0.261 e. The van der Waals surface area contributed by atoms with Crippen molar-refractivity contribution in [3.05, 3.63) is 35.9 Å². The first-order chi connectivity index (χ1) is 7.30. The van der Waals surface area contributed by atoms with Crippen molar-refractivity contribution in [2.45, 2.75) is 18.7 Å². The Morgan fingerprint density at radius 3 is 2.56 bits per heavy atom. The Balaban J connectivity index is 2.96. The Kier molecular flexibility index (Phi) is 3.99. The summed E-state index contributed by atoms with van der Waals surface area (Å²) < 4.78 is 27.6. The Morgan fingerprint density at radius 1 is 1.50 bits per heavy atom. The molecule has 0 heterocycles. The predicted octanol–water partition coefficient (Wildman–Crippen LogP) is 2.88. The summed E-state index contributed by atoms with van der Waals surface area (Å²) in [5.74, 6) is 0.632. The van der Waals surface area contributed by atoms with Crippen LogP contribution in [0.15, 0.2) is 35.2 Å². The van der Waals surface area contributed by atoms with Gasteiger partial charge in [0.05, 0.1) is 4.90 Å². The van der Waals surface area contributed by atoms with Gasteiger partial charge in [0.25, 0.3) is 9.05 Å². The summed E-state index contributed by atoms with van der Waals surface area (Å²) >= 11 is 0. The van der Waals surface area contributed by atoms with Gasteiger partial charge in [-0.2, -0.15) is 0 Å². The second-order valence-corrected chi connectivity index (χ2v) is 6.18. The van der Waals surface area contributed by atoms with Crippen LogP contribution in [0, 0.1) is 6.92 Å². The molecule has 0 fully saturated rings. The van der Waals surface area contributed by atoms with Gasteiger partial charge in [-0.05, 0) is 43.2 Å². The largest absolute Gasteiger partial charge is 0.489 e. The van der Waals surface area contributed by atoms with E-state index < -0.39 is 9.05 Å². The van der Waals surface area contributed by atoms with Crippen LogP contribution in [0.5, 0.6) is 5.75 Å². The van der Waals surface area contributed by atoms with E-state index in [1.54, 1.807) is 13.0 Å². The van der Waals surface area contributed by atoms with Gasteiger partial charge in [0.1, 0.15) is 12.4 Å². The summed E-state index contributed by atoms with van der Waals surface area (Å²) in [5.41, 5.74) is 1.62. The minimum atomic E-state index is -3.67. The Labute approximate surface area is 100 Å². The average Bonchev–Trinajstić information content (AvgIpc) is 2.14. The molecule has 0 atom stereocenters. The van der Waals surface area contributed by atoms with E-state index >= 15 is 0 Å². The van der Waals surface area contributed by atoms with Crippen LogP contribution in [0.1, 0.15) is 12.5 Å². The molecule has 5 heteroatoms. The Hall–Kier alpha value is -1.00. The highest BCUT2D eigenvalue weighted by Gasteiger charge is 2.11. The van der Waals surface area contributed by atoms with Gasteiger partial charge < -0.3 is 4.74 Å². The van der Waals surface area contributed by atoms with Crippen LogP contribution in [0.4, 0.5) is 0 Å². The van der Waals surface area contributed by atoms with Crippen molar-refractivity contribution < 1.29 is 13.2 Å². The van der Waals surface area contributed by atoms with E-state index in [4.69, 9.17) is 15.4 Å². The molecule has 1 aromatic carbocycles. The smallest absolute Gasteiger partial charge is 0.261 e. The van der Waals surface area contributed by atoms with Gasteiger partial charge in [-0.15, -0.1) is 0 Å². The molecule has 0 radical (unpaired) electrons. The normalized spacial score (nSPS) is 11.2. The molecule has 0 aliphatic carbocycles. The lowest BCUT2D eigenvalue weighted by Crippen LogP contribution is -2.00. The van der Waals surface area contributed by atoms with Gasteiger partial charge >= 0.3 is 0 Å². The number of rotatable bonds is 4. The molecule has 0 unspecified atom stereocenters. The van der Waals surface area contributed by atoms with Crippen molar-refractivity contribution in [1.29, 1.82) is 0 Å². The number of ether oxygens (including phenoxy) is 1. The zero-order valence-electron chi connectivity index (χ0n) is 9.16. The summed E-state index contributed by atoms with van der Waals surface area (Å²) in [5, 5.41) is 0. The first-order valence-electron chi connectivity index (χ1n) is 4.63. The van der Waals surface area contributed by atoms with Gasteiger partial charge in [0, 0.05) is 10.7 Å². The lowest BCUT2D eigenvalue weighted by Gasteiger charge is -2.09. The van der Waals surface area contributed by atoms with Crippen LogP contribution < -0.4 is 4.74 Å². The fraction of sp³-hybridized carbons (Fsp3) is 0.273. The average molecular weight is 261 g/mol. The topological polar surface area (TPSA) is 43.4 Å². The molecule has 0 amide bonds. The molecule has 0 N–H and O–H groups in total. The Morgan fingerprint density at radius 2 is 2.12 bits per heavy atom. The van der Waals surface area contributed by atoms with Gasteiger partial charge in [-0.1, -0.05) is 6.58 Å². The van der Waals surface area contributed by atoms with Crippen LogP contribution in [0.25, 0.3) is 0 Å². The summed E-state index contributed by atoms with van der Waals surface area (Å²) in [6.07, 6.45) is 0. The molecule has 16 heavy (non-hydrogen) atoms. The van der Waals surface area contributed by atoms with E-state index in [-0.39, 0.29) is 4.90 Å². The van der Waals surface area contributed by atoms with E-state index in [0.29, 0.717) is 12.4 Å². The minimum absolute atomic E-state index is 0.0781. The predicted molar refractivity (Wildman–Crippen MR) is 64.5 cm³/mol. The molecule has 0 aliphatic rings. The number of benzene rings is 1. The molecule has 0 saturated heterocycles. The highest BCUT2D eigenvalue weighted by Crippen LogP contribution is 2.24. The van der Waals surface area contributed by atoms with Crippen molar-refractivity contribution in [1.82, 2.24) is 0 Å². The van der Waals surface area contributed by atoms with Gasteiger partial charge in [0.2, 0.25) is 0 Å². The van der Waals surface area contributed by atoms with Crippen LogP contribution in [0.3, 0.4) is 0 Å². The lowest BCUT2D eigenvalue weighted by atomic mass is 10.2. The monoisotopic (exact) mass is 260 g/mol. The Bertz CT molecular complexity index is 506. The SMILES string of the molecule is C=C(C)COc1ccc(S(=O)(=O)Cl)cc1C. The van der Waals surface area contributed by atoms with Crippen LogP contribution >= 0.6 is 10.7 Å². The molecule has 0 aliphatic heterocycles. The molecule has 0 saturated carbocycles. The molecule has 0 spiro atoms. The maximum absolute atomic E-state index is 11.1. The molecular formula is C11H13ClO3S. The molecule has 0 aromatic heterocycles. The molecule has 88 valence electrons. The summed E-state index contributed by atoms with van der Waals surface area (Å²) in [4.78, 5) is 0.0781. The van der Waals surface area contributed by atoms with Gasteiger partial charge in [-0.25, -0.2) is 8.42 Å². The standard InChI is InChI=1S/C11H13ClO3S/c1-8(2)7-15-11-5-4-10(6-9(11)3)16(12,13)14/h4-6H,1,7H2,2-3H3. The molecule has 3 nitrogen and oxygen atoms in total. The van der Waals surface area contributed by atoms with Crippen molar-refractivity contribution in [2.24, 2.45) is 0 Å². The first kappa shape index (κ1) is 13.1. The van der Waals surface area contributed by atoms with Crippen molar-refractivity contribution >= 4 is 19.7 Å². The fourth-order valence-electron chi connectivity index (χ4n) is 1.14. The number of hydrogen-bond acceptors (Lipinski definition) is 3. The molecule has 1 aromatic rings. The minimum Gasteiger partial charge on any atom is -0.489 e. The molecular weight excluding hydrogens is 248 g/mol. The third kappa shape index (κ3) is 3.54. The number of hydrogen-bond donors (Lipinski definition) is 0. The van der Waals surface area contributed by atoms with E-state index in [1.807, 2.05) is 6.92 Å². The number of aryl methyl sites for hydroxylation is 1. The third-order valence-corrected chi connectivity index (χ3v) is 3.25. The summed E-state index contributed by atoms with van der Waals surface area (Å²) in [7, 11) is 1.55. The zero-order chi connectivity index (χ0) is 12.3. The quantitative estimate of drug-likeness (QED) is 0.618. The highest BCUT2D eigenvalue weighted by molar-refractivity contribution is 8.13. The van der Waals surface area contributed by atoms with Crippen LogP contribution in [0.2, 0.25) is 0 Å². The van der Waals surface area contributed by atoms with E-state index in [0.717, 1.165) is 11.1 Å². The highest BCUT2D eigenvalue weighted by atomic mass is 35.7. The van der Waals surface area contributed by atoms with E-state index in [2.05, 4.69) is 6.58 Å². The van der Waals surface area contributed by atoms with Crippen LogP contribution in [-0.4, -0.2) is 15.0 Å². The fourth-order valence-corrected chi connectivity index (χ4v) is 1.97. The number of halogens is 1. The van der Waals surface area contributed by atoms with Gasteiger partial charge in [0.15, 0.2) is 0 Å². The third-order valence-electron chi connectivity index (χ3n) is 1.90. The van der Waals surface area contributed by atoms with Gasteiger partial charge in [-0.3, -0.25) is 0 Å². The van der Waals surface area contributed by atoms with E-state index in [9.17, 15) is 8.42 Å². The van der Waals surface area contributed by atoms with Crippen molar-refractivity contribution in [3.63, 3.8) is 0 Å².